The molecule has 0 unspecified atom stereocenters. The van der Waals surface area contributed by atoms with Gasteiger partial charge in [-0.2, -0.15) is 0 Å². The summed E-state index contributed by atoms with van der Waals surface area (Å²) < 4.78 is 9.14. The Bertz CT molecular complexity index is 573. The fourth-order valence-corrected chi connectivity index (χ4v) is 1.25. The van der Waals surface area contributed by atoms with Gasteiger partial charge in [0.2, 0.25) is 0 Å². The molecule has 0 aliphatic rings. The molecular weight excluding hydrogens is 264 g/mol. The predicted octanol–water partition coefficient (Wildman–Crippen LogP) is 1.30. The Balaban J connectivity index is 2.97. The second-order valence-electron chi connectivity index (χ2n) is 3.77. The number of rotatable bonds is 5. The molecule has 1 aromatic carbocycles. The Kier molecular flexibility index (Phi) is 5.34. The fourth-order valence-electron chi connectivity index (χ4n) is 1.25. The van der Waals surface area contributed by atoms with E-state index in [-0.39, 0.29) is 16.7 Å². The maximum atomic E-state index is 11.8. The van der Waals surface area contributed by atoms with Gasteiger partial charge >= 0.3 is 17.9 Å². The minimum absolute atomic E-state index is 0.0550. The lowest BCUT2D eigenvalue weighted by atomic mass is 10.1. The van der Waals surface area contributed by atoms with E-state index in [0.717, 1.165) is 0 Å². The van der Waals surface area contributed by atoms with Gasteiger partial charge in [-0.3, -0.25) is 4.79 Å². The number of hydrogen-bond acceptors (Lipinski definition) is 6. The summed E-state index contributed by atoms with van der Waals surface area (Å²) >= 11 is 0. The predicted molar refractivity (Wildman–Crippen MR) is 68.0 cm³/mol. The van der Waals surface area contributed by atoms with E-state index in [1.807, 2.05) is 0 Å². The van der Waals surface area contributed by atoms with Crippen molar-refractivity contribution in [3.8, 4) is 0 Å². The highest BCUT2D eigenvalue weighted by atomic mass is 16.6. The quantitative estimate of drug-likeness (QED) is 0.349. The second-order valence-corrected chi connectivity index (χ2v) is 3.77. The standard InChI is InChI=1S/C14H12O6/c1-9(2)12(16)20-14(18)11-6-4-3-5-10(11)13(17)19-8-7-15/h3-7H,1,8H2,2H3. The Labute approximate surface area is 115 Å². The van der Waals surface area contributed by atoms with Gasteiger partial charge < -0.3 is 9.47 Å². The van der Waals surface area contributed by atoms with E-state index in [2.05, 4.69) is 16.1 Å². The summed E-state index contributed by atoms with van der Waals surface area (Å²) in [7, 11) is 0. The van der Waals surface area contributed by atoms with E-state index < -0.39 is 24.5 Å². The van der Waals surface area contributed by atoms with Gasteiger partial charge in [-0.05, 0) is 19.1 Å². The summed E-state index contributed by atoms with van der Waals surface area (Å²) in [5, 5.41) is 0. The molecule has 20 heavy (non-hydrogen) atoms. The first kappa shape index (κ1) is 15.3. The Morgan fingerprint density at radius 3 is 2.20 bits per heavy atom. The molecular formula is C14H12O6. The van der Waals surface area contributed by atoms with Crippen LogP contribution in [0.4, 0.5) is 0 Å². The van der Waals surface area contributed by atoms with Crippen LogP contribution in [0.5, 0.6) is 0 Å². The van der Waals surface area contributed by atoms with Crippen LogP contribution < -0.4 is 0 Å². The molecule has 0 saturated heterocycles. The highest BCUT2D eigenvalue weighted by molar-refractivity contribution is 6.07. The second kappa shape index (κ2) is 6.98. The third-order valence-corrected chi connectivity index (χ3v) is 2.18. The van der Waals surface area contributed by atoms with Crippen molar-refractivity contribution < 1.29 is 28.7 Å². The molecule has 0 aliphatic carbocycles. The zero-order chi connectivity index (χ0) is 15.1. The summed E-state index contributed by atoms with van der Waals surface area (Å²) in [5.74, 6) is -2.73. The van der Waals surface area contributed by atoms with Crippen LogP contribution in [0, 0.1) is 0 Å². The van der Waals surface area contributed by atoms with Gasteiger partial charge in [0.25, 0.3) is 0 Å². The molecule has 0 radical (unpaired) electrons. The topological polar surface area (TPSA) is 86.7 Å². The molecule has 0 atom stereocenters. The van der Waals surface area contributed by atoms with Crippen LogP contribution in [0.1, 0.15) is 27.6 Å². The van der Waals surface area contributed by atoms with E-state index in [1.165, 1.54) is 31.2 Å². The van der Waals surface area contributed by atoms with Crippen LogP contribution in [-0.4, -0.2) is 30.8 Å². The largest absolute Gasteiger partial charge is 0.454 e. The molecule has 1 aromatic rings. The van der Waals surface area contributed by atoms with E-state index in [4.69, 9.17) is 0 Å². The average Bonchev–Trinajstić information content (AvgIpc) is 2.44. The van der Waals surface area contributed by atoms with Crippen LogP contribution in [0.2, 0.25) is 0 Å². The van der Waals surface area contributed by atoms with Gasteiger partial charge in [-0.15, -0.1) is 0 Å². The molecule has 0 spiro atoms. The van der Waals surface area contributed by atoms with Crippen LogP contribution in [0.3, 0.4) is 0 Å². The number of benzene rings is 1. The fraction of sp³-hybridized carbons (Fsp3) is 0.143. The lowest BCUT2D eigenvalue weighted by Gasteiger charge is -2.07. The third-order valence-electron chi connectivity index (χ3n) is 2.18. The van der Waals surface area contributed by atoms with Crippen LogP contribution >= 0.6 is 0 Å². The first-order valence-electron chi connectivity index (χ1n) is 5.59. The summed E-state index contributed by atoms with van der Waals surface area (Å²) in [5.41, 5.74) is -0.161. The third kappa shape index (κ3) is 3.88. The van der Waals surface area contributed by atoms with Crippen molar-refractivity contribution in [2.75, 3.05) is 6.61 Å². The Morgan fingerprint density at radius 1 is 1.15 bits per heavy atom. The van der Waals surface area contributed by atoms with Crippen molar-refractivity contribution in [3.63, 3.8) is 0 Å². The van der Waals surface area contributed by atoms with Crippen molar-refractivity contribution in [1.29, 1.82) is 0 Å². The number of aldehydes is 1. The van der Waals surface area contributed by atoms with Gasteiger partial charge in [0, 0.05) is 5.57 Å². The highest BCUT2D eigenvalue weighted by Gasteiger charge is 2.21. The number of carbonyl (C=O) groups is 4. The van der Waals surface area contributed by atoms with E-state index in [1.54, 1.807) is 0 Å². The number of ether oxygens (including phenoxy) is 2. The number of hydrogen-bond donors (Lipinski definition) is 0. The molecule has 0 bridgehead atoms. The summed E-state index contributed by atoms with van der Waals surface area (Å²) in [6, 6.07) is 5.65. The molecule has 0 aliphatic heterocycles. The van der Waals surface area contributed by atoms with Crippen LogP contribution in [-0.2, 0) is 19.1 Å². The minimum Gasteiger partial charge on any atom is -0.454 e. The lowest BCUT2D eigenvalue weighted by Crippen LogP contribution is -2.17. The molecule has 0 amide bonds. The summed E-state index contributed by atoms with van der Waals surface area (Å²) in [4.78, 5) is 44.9. The highest BCUT2D eigenvalue weighted by Crippen LogP contribution is 2.12. The molecule has 0 aromatic heterocycles. The van der Waals surface area contributed by atoms with Gasteiger partial charge in [0.15, 0.2) is 6.29 Å². The monoisotopic (exact) mass is 276 g/mol. The van der Waals surface area contributed by atoms with Crippen molar-refractivity contribution in [2.24, 2.45) is 0 Å². The van der Waals surface area contributed by atoms with Crippen LogP contribution in [0.25, 0.3) is 0 Å². The van der Waals surface area contributed by atoms with Gasteiger partial charge in [0.05, 0.1) is 11.1 Å². The summed E-state index contributed by atoms with van der Waals surface area (Å²) in [6.07, 6.45) is 0.406. The maximum absolute atomic E-state index is 11.8. The number of esters is 3. The van der Waals surface area contributed by atoms with Gasteiger partial charge in [-0.1, -0.05) is 18.7 Å². The molecule has 1 rings (SSSR count). The molecule has 0 fully saturated rings. The Morgan fingerprint density at radius 2 is 1.70 bits per heavy atom. The molecule has 0 heterocycles. The number of carbonyl (C=O) groups excluding carboxylic acids is 4. The molecule has 6 nitrogen and oxygen atoms in total. The lowest BCUT2D eigenvalue weighted by molar-refractivity contribution is -0.133. The van der Waals surface area contributed by atoms with E-state index in [0.29, 0.717) is 6.29 Å². The SMILES string of the molecule is C=C(C)C(=O)OC(=O)c1ccccc1C(=O)OCC=O. The smallest absolute Gasteiger partial charge is 0.346 e. The van der Waals surface area contributed by atoms with Crippen molar-refractivity contribution >= 4 is 24.2 Å². The van der Waals surface area contributed by atoms with Gasteiger partial charge in [0.1, 0.15) is 6.61 Å². The van der Waals surface area contributed by atoms with Crippen molar-refractivity contribution in [3.05, 3.63) is 47.5 Å². The van der Waals surface area contributed by atoms with Crippen LogP contribution in [0.15, 0.2) is 36.4 Å². The first-order valence-corrected chi connectivity index (χ1v) is 5.59. The molecule has 0 N–H and O–H groups in total. The van der Waals surface area contributed by atoms with Crippen molar-refractivity contribution in [2.45, 2.75) is 6.92 Å². The van der Waals surface area contributed by atoms with E-state index >= 15 is 0 Å². The Hall–Kier alpha value is -2.76. The molecule has 104 valence electrons. The normalized spacial score (nSPS) is 9.45. The maximum Gasteiger partial charge on any atom is 0.346 e. The zero-order valence-electron chi connectivity index (χ0n) is 10.8. The molecule has 0 saturated carbocycles. The summed E-state index contributed by atoms with van der Waals surface area (Å²) in [6.45, 7) is 4.31. The van der Waals surface area contributed by atoms with E-state index in [9.17, 15) is 19.2 Å². The van der Waals surface area contributed by atoms with Gasteiger partial charge in [-0.25, -0.2) is 14.4 Å². The molecule has 6 heteroatoms. The average molecular weight is 276 g/mol. The zero-order valence-corrected chi connectivity index (χ0v) is 10.8. The minimum atomic E-state index is -0.989. The van der Waals surface area contributed by atoms with Crippen molar-refractivity contribution in [1.82, 2.24) is 0 Å². The first-order chi connectivity index (χ1) is 9.47.